The zero-order valence-corrected chi connectivity index (χ0v) is 9.84. The molecule has 0 bridgehead atoms. The maximum absolute atomic E-state index is 11.5. The molecule has 0 unspecified atom stereocenters. The van der Waals surface area contributed by atoms with Gasteiger partial charge in [-0.1, -0.05) is 11.3 Å². The van der Waals surface area contributed by atoms with Gasteiger partial charge in [-0.3, -0.25) is 9.78 Å². The third-order valence-electron chi connectivity index (χ3n) is 2.11. The van der Waals surface area contributed by atoms with Crippen molar-refractivity contribution in [1.29, 1.82) is 0 Å². The van der Waals surface area contributed by atoms with Gasteiger partial charge in [0, 0.05) is 31.9 Å². The molecule has 0 saturated heterocycles. The molecule has 0 saturated carbocycles. The van der Waals surface area contributed by atoms with E-state index >= 15 is 0 Å². The van der Waals surface area contributed by atoms with Gasteiger partial charge in [-0.15, -0.1) is 0 Å². The van der Waals surface area contributed by atoms with Gasteiger partial charge in [-0.05, 0) is 12.1 Å². The van der Waals surface area contributed by atoms with Gasteiger partial charge in [-0.2, -0.15) is 0 Å². The fourth-order valence-corrected chi connectivity index (χ4v) is 2.21. The van der Waals surface area contributed by atoms with Crippen molar-refractivity contribution >= 4 is 22.3 Å². The number of carbonyl (C=O) groups is 1. The summed E-state index contributed by atoms with van der Waals surface area (Å²) in [7, 11) is 1.79. The summed E-state index contributed by atoms with van der Waals surface area (Å²) in [5, 5.41) is 3.70. The molecule has 82 valence electrons. The summed E-state index contributed by atoms with van der Waals surface area (Å²) in [5.74, 6) is 0.0332. The lowest BCUT2D eigenvalue weighted by Crippen LogP contribution is -1.91. The molecule has 2 aromatic heterocycles. The van der Waals surface area contributed by atoms with Crippen LogP contribution in [0.5, 0.6) is 0 Å². The molecule has 5 heteroatoms. The van der Waals surface area contributed by atoms with Gasteiger partial charge in [0.15, 0.2) is 10.9 Å². The minimum absolute atomic E-state index is 0.0332. The Morgan fingerprint density at radius 1 is 1.38 bits per heavy atom. The number of rotatable bonds is 3. The van der Waals surface area contributed by atoms with E-state index in [9.17, 15) is 4.79 Å². The number of hydrogen-bond acceptors (Lipinski definition) is 5. The number of aromatic nitrogens is 2. The summed E-state index contributed by atoms with van der Waals surface area (Å²) in [6.45, 7) is 1.55. The second-order valence-electron chi connectivity index (χ2n) is 3.24. The number of nitrogens with zero attached hydrogens (tertiary/aromatic N) is 2. The number of Topliss-reactive ketones (excluding diaryl/α,β-unsaturated/α-hetero) is 1. The number of carbonyl (C=O) groups excluding carboxylic acids is 1. The van der Waals surface area contributed by atoms with E-state index < -0.39 is 0 Å². The van der Waals surface area contributed by atoms with Crippen molar-refractivity contribution in [3.05, 3.63) is 29.4 Å². The lowest BCUT2D eigenvalue weighted by atomic mass is 10.1. The molecule has 0 fully saturated rings. The number of nitrogens with one attached hydrogen (secondary N) is 1. The fraction of sp³-hybridized carbons (Fsp3) is 0.182. The topological polar surface area (TPSA) is 54.9 Å². The maximum Gasteiger partial charge on any atom is 0.183 e. The van der Waals surface area contributed by atoms with Crippen LogP contribution in [0.3, 0.4) is 0 Å². The highest BCUT2D eigenvalue weighted by Gasteiger charge is 2.15. The van der Waals surface area contributed by atoms with Gasteiger partial charge in [0.2, 0.25) is 0 Å². The molecule has 0 aromatic carbocycles. The smallest absolute Gasteiger partial charge is 0.183 e. The van der Waals surface area contributed by atoms with E-state index in [0.29, 0.717) is 4.88 Å². The molecule has 0 amide bonds. The molecule has 0 aliphatic rings. The first-order chi connectivity index (χ1) is 7.72. The van der Waals surface area contributed by atoms with Crippen LogP contribution in [0.25, 0.3) is 11.3 Å². The third kappa shape index (κ3) is 1.94. The van der Waals surface area contributed by atoms with Crippen molar-refractivity contribution in [2.45, 2.75) is 6.92 Å². The van der Waals surface area contributed by atoms with Crippen molar-refractivity contribution < 1.29 is 4.79 Å². The Kier molecular flexibility index (Phi) is 2.96. The van der Waals surface area contributed by atoms with Crippen LogP contribution in [-0.2, 0) is 0 Å². The fourth-order valence-electron chi connectivity index (χ4n) is 1.37. The molecule has 2 aromatic rings. The second-order valence-corrected chi connectivity index (χ2v) is 4.24. The first-order valence-electron chi connectivity index (χ1n) is 4.82. The van der Waals surface area contributed by atoms with Gasteiger partial charge in [-0.25, -0.2) is 4.98 Å². The second kappa shape index (κ2) is 4.40. The summed E-state index contributed by atoms with van der Waals surface area (Å²) in [6.07, 6.45) is 3.38. The van der Waals surface area contributed by atoms with Crippen molar-refractivity contribution in [1.82, 2.24) is 9.97 Å². The predicted molar refractivity (Wildman–Crippen MR) is 64.9 cm³/mol. The average molecular weight is 233 g/mol. The van der Waals surface area contributed by atoms with Crippen molar-refractivity contribution in [3.8, 4) is 11.3 Å². The molecule has 0 spiro atoms. The van der Waals surface area contributed by atoms with Gasteiger partial charge in [0.1, 0.15) is 0 Å². The summed E-state index contributed by atoms with van der Waals surface area (Å²) >= 11 is 1.37. The predicted octanol–water partition coefficient (Wildman–Crippen LogP) is 2.45. The Balaban J connectivity index is 2.55. The molecule has 0 radical (unpaired) electrons. The number of hydrogen-bond donors (Lipinski definition) is 1. The minimum Gasteiger partial charge on any atom is -0.365 e. The highest BCUT2D eigenvalue weighted by Crippen LogP contribution is 2.30. The number of ketones is 1. The summed E-state index contributed by atoms with van der Waals surface area (Å²) in [5.41, 5.74) is 1.64. The number of pyridine rings is 1. The monoisotopic (exact) mass is 233 g/mol. The molecule has 0 aliphatic heterocycles. The van der Waals surface area contributed by atoms with E-state index in [1.165, 1.54) is 11.3 Å². The first kappa shape index (κ1) is 10.8. The highest BCUT2D eigenvalue weighted by atomic mass is 32.1. The molecular weight excluding hydrogens is 222 g/mol. The molecule has 0 atom stereocenters. The largest absolute Gasteiger partial charge is 0.365 e. The quantitative estimate of drug-likeness (QED) is 0.827. The van der Waals surface area contributed by atoms with Gasteiger partial charge >= 0.3 is 0 Å². The first-order valence-corrected chi connectivity index (χ1v) is 5.64. The van der Waals surface area contributed by atoms with E-state index in [1.807, 2.05) is 12.1 Å². The maximum atomic E-state index is 11.5. The van der Waals surface area contributed by atoms with Crippen LogP contribution < -0.4 is 5.32 Å². The molecule has 1 N–H and O–H groups in total. The van der Waals surface area contributed by atoms with Crippen LogP contribution in [0.1, 0.15) is 16.6 Å². The van der Waals surface area contributed by atoms with Crippen LogP contribution >= 0.6 is 11.3 Å². The van der Waals surface area contributed by atoms with Crippen LogP contribution in [0.2, 0.25) is 0 Å². The summed E-state index contributed by atoms with van der Waals surface area (Å²) in [4.78, 5) is 20.5. The lowest BCUT2D eigenvalue weighted by molar-refractivity contribution is 0.102. The Bertz CT molecular complexity index is 507. The SMILES string of the molecule is CNc1nc(-c2ccncc2)c(C(C)=O)s1. The average Bonchev–Trinajstić information content (AvgIpc) is 2.74. The van der Waals surface area contributed by atoms with E-state index in [1.54, 1.807) is 26.4 Å². The zero-order chi connectivity index (χ0) is 11.5. The number of anilines is 1. The van der Waals surface area contributed by atoms with Crippen LogP contribution in [0.4, 0.5) is 5.13 Å². The third-order valence-corrected chi connectivity index (χ3v) is 3.29. The number of thiazole rings is 1. The standard InChI is InChI=1S/C11H11N3OS/c1-7(15)10-9(14-11(12-2)16-10)8-3-5-13-6-4-8/h3-6H,1-2H3,(H,12,14). The van der Waals surface area contributed by atoms with Crippen LogP contribution in [-0.4, -0.2) is 22.8 Å². The Hall–Kier alpha value is -1.75. The van der Waals surface area contributed by atoms with Gasteiger partial charge in [0.05, 0.1) is 10.6 Å². The molecule has 0 aliphatic carbocycles. The van der Waals surface area contributed by atoms with E-state index in [4.69, 9.17) is 0 Å². The lowest BCUT2D eigenvalue weighted by Gasteiger charge is -1.97. The molecule has 4 nitrogen and oxygen atoms in total. The van der Waals surface area contributed by atoms with Crippen molar-refractivity contribution in [2.24, 2.45) is 0 Å². The van der Waals surface area contributed by atoms with Crippen molar-refractivity contribution in [3.63, 3.8) is 0 Å². The van der Waals surface area contributed by atoms with E-state index in [0.717, 1.165) is 16.4 Å². The molecule has 2 rings (SSSR count). The molecular formula is C11H11N3OS. The molecule has 16 heavy (non-hydrogen) atoms. The van der Waals surface area contributed by atoms with Gasteiger partial charge < -0.3 is 5.32 Å². The minimum atomic E-state index is 0.0332. The van der Waals surface area contributed by atoms with Gasteiger partial charge in [0.25, 0.3) is 0 Å². The highest BCUT2D eigenvalue weighted by molar-refractivity contribution is 7.18. The van der Waals surface area contributed by atoms with E-state index in [-0.39, 0.29) is 5.78 Å². The van der Waals surface area contributed by atoms with Crippen LogP contribution in [0, 0.1) is 0 Å². The Labute approximate surface area is 97.4 Å². The summed E-state index contributed by atoms with van der Waals surface area (Å²) < 4.78 is 0. The zero-order valence-electron chi connectivity index (χ0n) is 9.02. The normalized spacial score (nSPS) is 10.1. The Morgan fingerprint density at radius 3 is 2.62 bits per heavy atom. The molecule has 2 heterocycles. The Morgan fingerprint density at radius 2 is 2.06 bits per heavy atom. The van der Waals surface area contributed by atoms with E-state index in [2.05, 4.69) is 15.3 Å². The van der Waals surface area contributed by atoms with Crippen LogP contribution in [0.15, 0.2) is 24.5 Å². The summed E-state index contributed by atoms with van der Waals surface area (Å²) in [6, 6.07) is 3.70. The van der Waals surface area contributed by atoms with Crippen molar-refractivity contribution in [2.75, 3.05) is 12.4 Å².